The van der Waals surface area contributed by atoms with Crippen molar-refractivity contribution in [1.29, 1.82) is 0 Å². The van der Waals surface area contributed by atoms with Gasteiger partial charge >= 0.3 is 0 Å². The van der Waals surface area contributed by atoms with E-state index in [1.54, 1.807) is 7.11 Å². The summed E-state index contributed by atoms with van der Waals surface area (Å²) in [5, 5.41) is 3.22. The van der Waals surface area contributed by atoms with Crippen LogP contribution >= 0.6 is 0 Å². The van der Waals surface area contributed by atoms with Crippen molar-refractivity contribution in [1.82, 2.24) is 5.32 Å². The molecule has 0 fully saturated rings. The Bertz CT molecular complexity index is 575. The monoisotopic (exact) mass is 255 g/mol. The lowest BCUT2D eigenvalue weighted by molar-refractivity contribution is 0.416. The maximum Gasteiger partial charge on any atom is 0.126 e. The third-order valence-electron chi connectivity index (χ3n) is 3.28. The van der Waals surface area contributed by atoms with Crippen LogP contribution in [0.4, 0.5) is 0 Å². The number of ether oxygens (including phenoxy) is 1. The van der Waals surface area contributed by atoms with Crippen LogP contribution in [0.2, 0.25) is 0 Å². The minimum absolute atomic E-state index is 0.854. The topological polar surface area (TPSA) is 21.3 Å². The molecule has 0 aromatic heterocycles. The van der Waals surface area contributed by atoms with Gasteiger partial charge in [0.05, 0.1) is 7.11 Å². The molecule has 2 heteroatoms. The van der Waals surface area contributed by atoms with Crippen molar-refractivity contribution in [2.24, 2.45) is 0 Å². The van der Waals surface area contributed by atoms with E-state index in [-0.39, 0.29) is 0 Å². The Kier molecular flexibility index (Phi) is 4.23. The molecule has 0 radical (unpaired) electrons. The van der Waals surface area contributed by atoms with E-state index in [1.807, 2.05) is 13.1 Å². The molecular formula is C17H21NO. The molecule has 2 aromatic carbocycles. The Labute approximate surface area is 115 Å². The van der Waals surface area contributed by atoms with Gasteiger partial charge in [-0.05, 0) is 44.2 Å². The van der Waals surface area contributed by atoms with E-state index in [2.05, 4.69) is 49.5 Å². The Morgan fingerprint density at radius 1 is 0.947 bits per heavy atom. The Morgan fingerprint density at radius 2 is 1.58 bits per heavy atom. The highest BCUT2D eigenvalue weighted by Gasteiger charge is 2.10. The van der Waals surface area contributed by atoms with Crippen molar-refractivity contribution in [2.75, 3.05) is 14.2 Å². The zero-order valence-corrected chi connectivity index (χ0v) is 12.1. The van der Waals surface area contributed by atoms with Crippen LogP contribution in [-0.2, 0) is 6.54 Å². The second kappa shape index (κ2) is 5.89. The fraction of sp³-hybridized carbons (Fsp3) is 0.294. The second-order valence-electron chi connectivity index (χ2n) is 4.89. The molecular weight excluding hydrogens is 234 g/mol. The van der Waals surface area contributed by atoms with Crippen molar-refractivity contribution >= 4 is 0 Å². The summed E-state index contributed by atoms with van der Waals surface area (Å²) in [5.74, 6) is 0.925. The first-order valence-electron chi connectivity index (χ1n) is 6.55. The molecule has 2 nitrogen and oxygen atoms in total. The summed E-state index contributed by atoms with van der Waals surface area (Å²) in [5.41, 5.74) is 6.20. The minimum atomic E-state index is 0.854. The Balaban J connectivity index is 2.62. The maximum absolute atomic E-state index is 5.51. The summed E-state index contributed by atoms with van der Waals surface area (Å²) in [4.78, 5) is 0. The zero-order chi connectivity index (χ0) is 13.8. The molecule has 100 valence electrons. The van der Waals surface area contributed by atoms with Crippen molar-refractivity contribution < 1.29 is 4.74 Å². The third-order valence-corrected chi connectivity index (χ3v) is 3.28. The average molecular weight is 255 g/mol. The van der Waals surface area contributed by atoms with E-state index in [0.29, 0.717) is 0 Å². The molecule has 2 rings (SSSR count). The highest BCUT2D eigenvalue weighted by Crippen LogP contribution is 2.33. The third kappa shape index (κ3) is 2.96. The van der Waals surface area contributed by atoms with E-state index in [4.69, 9.17) is 4.74 Å². The molecule has 0 saturated heterocycles. The molecule has 0 aliphatic heterocycles. The molecule has 1 N–H and O–H groups in total. The molecule has 0 aliphatic carbocycles. The quantitative estimate of drug-likeness (QED) is 0.899. The molecule has 0 atom stereocenters. The predicted molar refractivity (Wildman–Crippen MR) is 80.7 cm³/mol. The summed E-state index contributed by atoms with van der Waals surface area (Å²) in [7, 11) is 3.69. The van der Waals surface area contributed by atoms with Crippen molar-refractivity contribution in [3.05, 3.63) is 53.1 Å². The fourth-order valence-corrected chi connectivity index (χ4v) is 2.32. The van der Waals surface area contributed by atoms with E-state index in [9.17, 15) is 0 Å². The van der Waals surface area contributed by atoms with Crippen LogP contribution in [-0.4, -0.2) is 14.2 Å². The number of rotatable bonds is 4. The lowest BCUT2D eigenvalue weighted by Gasteiger charge is -2.14. The normalized spacial score (nSPS) is 10.5. The number of hydrogen-bond acceptors (Lipinski definition) is 2. The van der Waals surface area contributed by atoms with Gasteiger partial charge in [0.2, 0.25) is 0 Å². The number of benzene rings is 2. The summed E-state index contributed by atoms with van der Waals surface area (Å²) in [6.45, 7) is 5.08. The molecule has 0 aliphatic rings. The smallest absolute Gasteiger partial charge is 0.126 e. The molecule has 0 heterocycles. The molecule has 19 heavy (non-hydrogen) atoms. The highest BCUT2D eigenvalue weighted by atomic mass is 16.5. The number of aryl methyl sites for hydroxylation is 2. The van der Waals surface area contributed by atoms with Crippen molar-refractivity contribution in [3.63, 3.8) is 0 Å². The van der Waals surface area contributed by atoms with Gasteiger partial charge in [0, 0.05) is 12.1 Å². The van der Waals surface area contributed by atoms with Gasteiger partial charge in [-0.2, -0.15) is 0 Å². The van der Waals surface area contributed by atoms with E-state index in [1.165, 1.54) is 22.3 Å². The SMILES string of the molecule is CNCc1ccc(C)cc1-c1cc(C)ccc1OC. The van der Waals surface area contributed by atoms with Gasteiger partial charge in [-0.3, -0.25) is 0 Å². The molecule has 0 bridgehead atoms. The Hall–Kier alpha value is -1.80. The molecule has 2 aromatic rings. The summed E-state index contributed by atoms with van der Waals surface area (Å²) in [6.07, 6.45) is 0. The van der Waals surface area contributed by atoms with Gasteiger partial charge in [-0.25, -0.2) is 0 Å². The number of methoxy groups -OCH3 is 1. The van der Waals surface area contributed by atoms with Crippen LogP contribution in [0.15, 0.2) is 36.4 Å². The van der Waals surface area contributed by atoms with Crippen LogP contribution < -0.4 is 10.1 Å². The summed E-state index contributed by atoms with van der Waals surface area (Å²) in [6, 6.07) is 12.9. The lowest BCUT2D eigenvalue weighted by atomic mass is 9.95. The van der Waals surface area contributed by atoms with Crippen LogP contribution in [0, 0.1) is 13.8 Å². The fourth-order valence-electron chi connectivity index (χ4n) is 2.32. The molecule has 0 amide bonds. The van der Waals surface area contributed by atoms with Gasteiger partial charge in [-0.1, -0.05) is 35.4 Å². The van der Waals surface area contributed by atoms with Gasteiger partial charge in [0.1, 0.15) is 5.75 Å². The molecule has 0 spiro atoms. The van der Waals surface area contributed by atoms with Crippen LogP contribution in [0.1, 0.15) is 16.7 Å². The zero-order valence-electron chi connectivity index (χ0n) is 12.1. The first kappa shape index (κ1) is 13.6. The van der Waals surface area contributed by atoms with E-state index < -0.39 is 0 Å². The van der Waals surface area contributed by atoms with Gasteiger partial charge in [0.25, 0.3) is 0 Å². The first-order valence-corrected chi connectivity index (χ1v) is 6.55. The first-order chi connectivity index (χ1) is 9.15. The lowest BCUT2D eigenvalue weighted by Crippen LogP contribution is -2.06. The second-order valence-corrected chi connectivity index (χ2v) is 4.89. The van der Waals surface area contributed by atoms with Gasteiger partial charge in [0.15, 0.2) is 0 Å². The van der Waals surface area contributed by atoms with Crippen molar-refractivity contribution in [3.8, 4) is 16.9 Å². The van der Waals surface area contributed by atoms with Gasteiger partial charge < -0.3 is 10.1 Å². The summed E-state index contributed by atoms with van der Waals surface area (Å²) >= 11 is 0. The summed E-state index contributed by atoms with van der Waals surface area (Å²) < 4.78 is 5.51. The predicted octanol–water partition coefficient (Wildman–Crippen LogP) is 3.70. The van der Waals surface area contributed by atoms with Crippen LogP contribution in [0.3, 0.4) is 0 Å². The molecule has 0 unspecified atom stereocenters. The van der Waals surface area contributed by atoms with Crippen LogP contribution in [0.5, 0.6) is 5.75 Å². The largest absolute Gasteiger partial charge is 0.496 e. The van der Waals surface area contributed by atoms with E-state index in [0.717, 1.165) is 17.9 Å². The minimum Gasteiger partial charge on any atom is -0.496 e. The van der Waals surface area contributed by atoms with E-state index >= 15 is 0 Å². The Morgan fingerprint density at radius 3 is 2.21 bits per heavy atom. The number of hydrogen-bond donors (Lipinski definition) is 1. The number of nitrogens with one attached hydrogen (secondary N) is 1. The van der Waals surface area contributed by atoms with Crippen LogP contribution in [0.25, 0.3) is 11.1 Å². The van der Waals surface area contributed by atoms with Gasteiger partial charge in [-0.15, -0.1) is 0 Å². The highest BCUT2D eigenvalue weighted by molar-refractivity contribution is 5.74. The molecule has 0 saturated carbocycles. The average Bonchev–Trinajstić information content (AvgIpc) is 2.41. The van der Waals surface area contributed by atoms with Crippen molar-refractivity contribution in [2.45, 2.75) is 20.4 Å². The standard InChI is InChI=1S/C17H21NO/c1-12-5-7-14(11-18-3)15(9-12)16-10-13(2)6-8-17(16)19-4/h5-10,18H,11H2,1-4H3. The maximum atomic E-state index is 5.51.